The van der Waals surface area contributed by atoms with E-state index >= 15 is 0 Å². The lowest BCUT2D eigenvalue weighted by atomic mass is 9.97. The molecule has 0 fully saturated rings. The van der Waals surface area contributed by atoms with Crippen LogP contribution >= 0.6 is 23.2 Å². The molecule has 0 bridgehead atoms. The Morgan fingerprint density at radius 3 is 2.31 bits per heavy atom. The Kier molecular flexibility index (Phi) is 7.55. The third-order valence-corrected chi connectivity index (χ3v) is 4.60. The molecule has 0 aromatic heterocycles. The van der Waals surface area contributed by atoms with E-state index in [4.69, 9.17) is 33.4 Å². The molecule has 4 N–H and O–H groups in total. The summed E-state index contributed by atoms with van der Waals surface area (Å²) in [6.45, 7) is 0. The van der Waals surface area contributed by atoms with Gasteiger partial charge in [-0.3, -0.25) is 4.79 Å². The number of carbonyl (C=O) groups excluding carboxylic acids is 1. The van der Waals surface area contributed by atoms with Gasteiger partial charge >= 0.3 is 17.8 Å². The van der Waals surface area contributed by atoms with Gasteiger partial charge in [0.05, 0.1) is 0 Å². The van der Waals surface area contributed by atoms with E-state index in [9.17, 15) is 23.9 Å². The first kappa shape index (κ1) is 22.6. The summed E-state index contributed by atoms with van der Waals surface area (Å²) in [5.74, 6) is -5.12. The van der Waals surface area contributed by atoms with Gasteiger partial charge in [0.15, 0.2) is 6.10 Å². The topological polar surface area (TPSA) is 124 Å². The van der Waals surface area contributed by atoms with Gasteiger partial charge in [0.25, 0.3) is 0 Å². The molecule has 29 heavy (non-hydrogen) atoms. The fraction of sp³-hybridized carbons (Fsp3) is 0.211. The Labute approximate surface area is 174 Å². The summed E-state index contributed by atoms with van der Waals surface area (Å²) in [7, 11) is 0. The number of benzene rings is 2. The van der Waals surface area contributed by atoms with Crippen LogP contribution in [0.25, 0.3) is 11.1 Å². The number of aliphatic carboxylic acids is 2. The van der Waals surface area contributed by atoms with Crippen molar-refractivity contribution < 1.29 is 34.1 Å². The first-order valence-corrected chi connectivity index (χ1v) is 9.02. The first-order chi connectivity index (χ1) is 13.6. The van der Waals surface area contributed by atoms with Crippen LogP contribution in [0.2, 0.25) is 10.0 Å². The Bertz CT molecular complexity index is 952. The van der Waals surface area contributed by atoms with Crippen molar-refractivity contribution in [2.45, 2.75) is 25.0 Å². The highest BCUT2D eigenvalue weighted by Gasteiger charge is 2.24. The quantitative estimate of drug-likeness (QED) is 0.487. The van der Waals surface area contributed by atoms with E-state index in [1.807, 2.05) is 0 Å². The number of carboxylic acid groups (broad SMARTS) is 2. The standard InChI is InChI=1S/C19H16Cl2FNO6/c20-10-2-4-15(22)13(7-10)12-3-1-9(6-14(12)21)5-11(8-16(24)18(26)27)23-17(25)19(28)29/h1-4,6-7,11,16,24H,5,8H2,(H,23,25)(H,26,27)(H,28,29). The predicted molar refractivity (Wildman–Crippen MR) is 103 cm³/mol. The van der Waals surface area contributed by atoms with E-state index in [2.05, 4.69) is 5.32 Å². The molecule has 0 radical (unpaired) electrons. The van der Waals surface area contributed by atoms with Crippen molar-refractivity contribution in [2.24, 2.45) is 0 Å². The van der Waals surface area contributed by atoms with E-state index in [1.54, 1.807) is 6.07 Å². The molecule has 0 aliphatic rings. The van der Waals surface area contributed by atoms with Gasteiger partial charge in [0.2, 0.25) is 0 Å². The normalized spacial score (nSPS) is 12.8. The van der Waals surface area contributed by atoms with Gasteiger partial charge in [-0.25, -0.2) is 14.0 Å². The fourth-order valence-corrected chi connectivity index (χ4v) is 3.18. The van der Waals surface area contributed by atoms with Crippen LogP contribution in [0, 0.1) is 5.82 Å². The molecular weight excluding hydrogens is 428 g/mol. The summed E-state index contributed by atoms with van der Waals surface area (Å²) < 4.78 is 14.1. The van der Waals surface area contributed by atoms with Gasteiger partial charge in [0.1, 0.15) is 5.82 Å². The molecule has 0 heterocycles. The number of carbonyl (C=O) groups is 3. The van der Waals surface area contributed by atoms with E-state index in [1.165, 1.54) is 30.3 Å². The van der Waals surface area contributed by atoms with Crippen LogP contribution in [0.4, 0.5) is 4.39 Å². The minimum absolute atomic E-state index is 0.0125. The third-order valence-electron chi connectivity index (χ3n) is 4.06. The zero-order valence-corrected chi connectivity index (χ0v) is 16.2. The Morgan fingerprint density at radius 1 is 1.03 bits per heavy atom. The molecule has 10 heteroatoms. The number of amides is 1. The van der Waals surface area contributed by atoms with Crippen LogP contribution in [0.3, 0.4) is 0 Å². The smallest absolute Gasteiger partial charge is 0.394 e. The molecule has 2 aromatic rings. The molecule has 0 aliphatic carbocycles. The summed E-state index contributed by atoms with van der Waals surface area (Å²) in [4.78, 5) is 33.1. The highest BCUT2D eigenvalue weighted by Crippen LogP contribution is 2.32. The molecule has 2 rings (SSSR count). The monoisotopic (exact) mass is 443 g/mol. The average Bonchev–Trinajstić information content (AvgIpc) is 2.63. The molecule has 0 saturated heterocycles. The van der Waals surface area contributed by atoms with E-state index < -0.39 is 42.2 Å². The largest absolute Gasteiger partial charge is 0.479 e. The van der Waals surface area contributed by atoms with Crippen molar-refractivity contribution in [3.63, 3.8) is 0 Å². The third kappa shape index (κ3) is 6.15. The minimum Gasteiger partial charge on any atom is -0.479 e. The lowest BCUT2D eigenvalue weighted by Crippen LogP contribution is -2.43. The number of halogens is 3. The summed E-state index contributed by atoms with van der Waals surface area (Å²) in [5.41, 5.74) is 1.06. The lowest BCUT2D eigenvalue weighted by molar-refractivity contribution is -0.151. The van der Waals surface area contributed by atoms with E-state index in [-0.39, 0.29) is 17.0 Å². The summed E-state index contributed by atoms with van der Waals surface area (Å²) >= 11 is 12.1. The van der Waals surface area contributed by atoms with E-state index in [0.717, 1.165) is 0 Å². The van der Waals surface area contributed by atoms with Crippen LogP contribution in [0.5, 0.6) is 0 Å². The molecule has 154 valence electrons. The molecule has 2 unspecified atom stereocenters. The number of nitrogens with one attached hydrogen (secondary N) is 1. The molecule has 1 amide bonds. The van der Waals surface area contributed by atoms with E-state index in [0.29, 0.717) is 16.1 Å². The zero-order chi connectivity index (χ0) is 21.7. The zero-order valence-electron chi connectivity index (χ0n) is 14.7. The Hall–Kier alpha value is -2.68. The summed E-state index contributed by atoms with van der Waals surface area (Å²) in [5, 5.41) is 29.8. The number of aliphatic hydroxyl groups excluding tert-OH is 1. The maximum atomic E-state index is 14.1. The fourth-order valence-electron chi connectivity index (χ4n) is 2.70. The maximum absolute atomic E-state index is 14.1. The predicted octanol–water partition coefficient (Wildman–Crippen LogP) is 2.75. The number of carboxylic acids is 2. The van der Waals surface area contributed by atoms with Crippen molar-refractivity contribution in [3.8, 4) is 11.1 Å². The van der Waals surface area contributed by atoms with Crippen LogP contribution in [-0.2, 0) is 20.8 Å². The Balaban J connectivity index is 2.27. The average molecular weight is 444 g/mol. The summed E-state index contributed by atoms with van der Waals surface area (Å²) in [6.07, 6.45) is -2.23. The second-order valence-electron chi connectivity index (χ2n) is 6.21. The molecule has 2 aromatic carbocycles. The van der Waals surface area contributed by atoms with Gasteiger partial charge in [0, 0.05) is 33.6 Å². The second-order valence-corrected chi connectivity index (χ2v) is 7.05. The van der Waals surface area contributed by atoms with Crippen molar-refractivity contribution >= 4 is 41.0 Å². The summed E-state index contributed by atoms with van der Waals surface area (Å²) in [6, 6.07) is 7.58. The maximum Gasteiger partial charge on any atom is 0.394 e. The van der Waals surface area contributed by atoms with Crippen LogP contribution in [0.15, 0.2) is 36.4 Å². The van der Waals surface area contributed by atoms with Crippen molar-refractivity contribution in [3.05, 3.63) is 57.8 Å². The van der Waals surface area contributed by atoms with Gasteiger partial charge in [-0.15, -0.1) is 0 Å². The SMILES string of the molecule is O=C(O)C(=O)NC(Cc1ccc(-c2cc(Cl)ccc2F)c(Cl)c1)CC(O)C(=O)O. The molecule has 2 atom stereocenters. The van der Waals surface area contributed by atoms with Crippen molar-refractivity contribution in [1.29, 1.82) is 0 Å². The molecule has 0 saturated carbocycles. The second kappa shape index (κ2) is 9.69. The minimum atomic E-state index is -1.80. The van der Waals surface area contributed by atoms with Crippen molar-refractivity contribution in [2.75, 3.05) is 0 Å². The van der Waals surface area contributed by atoms with Crippen LogP contribution in [0.1, 0.15) is 12.0 Å². The number of rotatable bonds is 7. The van der Waals surface area contributed by atoms with Gasteiger partial charge in [-0.1, -0.05) is 35.3 Å². The van der Waals surface area contributed by atoms with Gasteiger partial charge in [-0.05, 0) is 36.2 Å². The molecule has 7 nitrogen and oxygen atoms in total. The Morgan fingerprint density at radius 2 is 1.72 bits per heavy atom. The lowest BCUT2D eigenvalue weighted by Gasteiger charge is -2.20. The van der Waals surface area contributed by atoms with Crippen LogP contribution < -0.4 is 5.32 Å². The van der Waals surface area contributed by atoms with Gasteiger partial charge < -0.3 is 20.6 Å². The first-order valence-electron chi connectivity index (χ1n) is 8.27. The highest BCUT2D eigenvalue weighted by atomic mass is 35.5. The van der Waals surface area contributed by atoms with Crippen molar-refractivity contribution in [1.82, 2.24) is 5.32 Å². The molecule has 0 spiro atoms. The number of hydrogen-bond acceptors (Lipinski definition) is 4. The number of aliphatic hydroxyl groups is 1. The molecule has 0 aliphatic heterocycles. The highest BCUT2D eigenvalue weighted by molar-refractivity contribution is 6.34. The molecular formula is C19H16Cl2FNO6. The van der Waals surface area contributed by atoms with Gasteiger partial charge in [-0.2, -0.15) is 0 Å². The van der Waals surface area contributed by atoms with Crippen LogP contribution in [-0.4, -0.2) is 45.3 Å². The number of hydrogen-bond donors (Lipinski definition) is 4.